The second kappa shape index (κ2) is 11.3. The van der Waals surface area contributed by atoms with Crippen LogP contribution in [0.3, 0.4) is 0 Å². The SMILES string of the molecule is CCCC(OC(=O)CCC(C)S)OC(=O)CCC(C)S. The predicted molar refractivity (Wildman–Crippen MR) is 86.2 cm³/mol. The van der Waals surface area contributed by atoms with Gasteiger partial charge in [-0.1, -0.05) is 20.8 Å². The fraction of sp³-hybridized carbons (Fsp3) is 0.857. The van der Waals surface area contributed by atoms with E-state index in [-0.39, 0.29) is 35.3 Å². The summed E-state index contributed by atoms with van der Waals surface area (Å²) in [5.74, 6) is -0.695. The summed E-state index contributed by atoms with van der Waals surface area (Å²) in [5, 5.41) is 0.290. The Kier molecular flexibility index (Phi) is 11.1. The van der Waals surface area contributed by atoms with Gasteiger partial charge in [-0.25, -0.2) is 0 Å². The Morgan fingerprint density at radius 1 is 0.900 bits per heavy atom. The number of hydrogen-bond acceptors (Lipinski definition) is 6. The molecule has 0 saturated heterocycles. The molecule has 118 valence electrons. The fourth-order valence-corrected chi connectivity index (χ4v) is 1.70. The summed E-state index contributed by atoms with van der Waals surface area (Å²) < 4.78 is 10.4. The third-order valence-corrected chi connectivity index (χ3v) is 3.10. The van der Waals surface area contributed by atoms with E-state index in [1.807, 2.05) is 20.8 Å². The van der Waals surface area contributed by atoms with E-state index in [0.29, 0.717) is 19.3 Å². The van der Waals surface area contributed by atoms with Crippen molar-refractivity contribution in [3.05, 3.63) is 0 Å². The molecule has 0 amide bonds. The van der Waals surface area contributed by atoms with Gasteiger partial charge in [0, 0.05) is 19.3 Å². The van der Waals surface area contributed by atoms with Gasteiger partial charge in [0.05, 0.1) is 0 Å². The van der Waals surface area contributed by atoms with Crippen LogP contribution in [-0.4, -0.2) is 28.7 Å². The Hall–Kier alpha value is -0.360. The van der Waals surface area contributed by atoms with Crippen molar-refractivity contribution < 1.29 is 19.1 Å². The first-order chi connectivity index (χ1) is 9.35. The number of rotatable bonds is 10. The molecule has 20 heavy (non-hydrogen) atoms. The lowest BCUT2D eigenvalue weighted by Gasteiger charge is -2.18. The minimum Gasteiger partial charge on any atom is -0.425 e. The largest absolute Gasteiger partial charge is 0.425 e. The summed E-state index contributed by atoms with van der Waals surface area (Å²) in [6.07, 6.45) is 2.39. The van der Waals surface area contributed by atoms with Crippen molar-refractivity contribution in [1.82, 2.24) is 0 Å². The summed E-state index contributed by atoms with van der Waals surface area (Å²) in [6.45, 7) is 5.78. The van der Waals surface area contributed by atoms with Crippen LogP contribution in [0.1, 0.15) is 59.3 Å². The average molecular weight is 322 g/mol. The molecule has 0 saturated carbocycles. The van der Waals surface area contributed by atoms with Gasteiger partial charge in [0.25, 0.3) is 0 Å². The highest BCUT2D eigenvalue weighted by atomic mass is 32.1. The van der Waals surface area contributed by atoms with Crippen molar-refractivity contribution in [2.75, 3.05) is 0 Å². The van der Waals surface area contributed by atoms with Gasteiger partial charge in [-0.3, -0.25) is 9.59 Å². The van der Waals surface area contributed by atoms with E-state index in [1.54, 1.807) is 0 Å². The highest BCUT2D eigenvalue weighted by Crippen LogP contribution is 2.12. The van der Waals surface area contributed by atoms with Crippen molar-refractivity contribution in [1.29, 1.82) is 0 Å². The summed E-state index contributed by atoms with van der Waals surface area (Å²) in [6, 6.07) is 0. The van der Waals surface area contributed by atoms with Gasteiger partial charge in [0.15, 0.2) is 0 Å². The predicted octanol–water partition coefficient (Wildman–Crippen LogP) is 3.40. The number of ether oxygens (including phenoxy) is 2. The zero-order chi connectivity index (χ0) is 15.5. The van der Waals surface area contributed by atoms with E-state index in [2.05, 4.69) is 25.3 Å². The Bertz CT molecular complexity index is 267. The average Bonchev–Trinajstić information content (AvgIpc) is 2.34. The molecule has 4 nitrogen and oxygen atoms in total. The van der Waals surface area contributed by atoms with Gasteiger partial charge >= 0.3 is 11.9 Å². The molecule has 0 aliphatic carbocycles. The first-order valence-electron chi connectivity index (χ1n) is 7.10. The molecule has 2 unspecified atom stereocenters. The normalized spacial score (nSPS) is 15.2. The number of carbonyl (C=O) groups excluding carboxylic acids is 2. The molecule has 0 aromatic carbocycles. The number of thiol groups is 2. The molecule has 0 radical (unpaired) electrons. The molecule has 0 fully saturated rings. The Labute approximate surface area is 132 Å². The Morgan fingerprint density at radius 2 is 1.30 bits per heavy atom. The lowest BCUT2D eigenvalue weighted by atomic mass is 10.2. The van der Waals surface area contributed by atoms with Gasteiger partial charge in [-0.2, -0.15) is 25.3 Å². The lowest BCUT2D eigenvalue weighted by Crippen LogP contribution is -2.25. The van der Waals surface area contributed by atoms with E-state index in [9.17, 15) is 9.59 Å². The first kappa shape index (κ1) is 19.6. The number of esters is 2. The molecule has 0 aliphatic rings. The van der Waals surface area contributed by atoms with Gasteiger partial charge < -0.3 is 9.47 Å². The van der Waals surface area contributed by atoms with Crippen molar-refractivity contribution in [2.24, 2.45) is 0 Å². The minimum atomic E-state index is -0.773. The quantitative estimate of drug-likeness (QED) is 0.368. The second-order valence-electron chi connectivity index (χ2n) is 4.97. The van der Waals surface area contributed by atoms with Crippen molar-refractivity contribution in [2.45, 2.75) is 76.1 Å². The molecule has 0 heterocycles. The number of hydrogen-bond donors (Lipinski definition) is 2. The standard InChI is InChI=1S/C14H26O4S2/c1-4-5-14(17-12(15)8-6-10(2)19)18-13(16)9-7-11(3)20/h10-11,14,19-20H,4-9H2,1-3H3. The smallest absolute Gasteiger partial charge is 0.308 e. The van der Waals surface area contributed by atoms with Crippen molar-refractivity contribution in [3.8, 4) is 0 Å². The monoisotopic (exact) mass is 322 g/mol. The fourth-order valence-electron chi connectivity index (χ4n) is 1.44. The van der Waals surface area contributed by atoms with Crippen molar-refractivity contribution in [3.63, 3.8) is 0 Å². The zero-order valence-electron chi connectivity index (χ0n) is 12.5. The third-order valence-electron chi connectivity index (χ3n) is 2.58. The molecular formula is C14H26O4S2. The maximum atomic E-state index is 11.6. The van der Waals surface area contributed by atoms with Crippen LogP contribution >= 0.6 is 25.3 Å². The minimum absolute atomic E-state index is 0.145. The molecular weight excluding hydrogens is 296 g/mol. The van der Waals surface area contributed by atoms with Crippen LogP contribution in [0.15, 0.2) is 0 Å². The highest BCUT2D eigenvalue weighted by molar-refractivity contribution is 7.81. The van der Waals surface area contributed by atoms with Crippen LogP contribution in [0.25, 0.3) is 0 Å². The molecule has 0 bridgehead atoms. The van der Waals surface area contributed by atoms with E-state index >= 15 is 0 Å². The molecule has 0 rings (SSSR count). The summed E-state index contributed by atoms with van der Waals surface area (Å²) in [7, 11) is 0. The van der Waals surface area contributed by atoms with Gasteiger partial charge in [0.2, 0.25) is 6.29 Å². The maximum absolute atomic E-state index is 11.6. The zero-order valence-corrected chi connectivity index (χ0v) is 14.3. The Balaban J connectivity index is 4.14. The maximum Gasteiger partial charge on any atom is 0.308 e. The van der Waals surface area contributed by atoms with Gasteiger partial charge in [0.1, 0.15) is 0 Å². The lowest BCUT2D eigenvalue weighted by molar-refractivity contribution is -0.189. The molecule has 0 aliphatic heterocycles. The van der Waals surface area contributed by atoms with Crippen molar-refractivity contribution >= 4 is 37.2 Å². The summed E-state index contributed by atoms with van der Waals surface area (Å²) in [4.78, 5) is 23.2. The Morgan fingerprint density at radius 3 is 1.60 bits per heavy atom. The van der Waals surface area contributed by atoms with E-state index in [1.165, 1.54) is 0 Å². The van der Waals surface area contributed by atoms with Crippen LogP contribution in [0, 0.1) is 0 Å². The molecule has 0 N–H and O–H groups in total. The van der Waals surface area contributed by atoms with Crippen LogP contribution < -0.4 is 0 Å². The third kappa shape index (κ3) is 11.5. The van der Waals surface area contributed by atoms with E-state index in [4.69, 9.17) is 9.47 Å². The molecule has 0 aromatic heterocycles. The van der Waals surface area contributed by atoms with Gasteiger partial charge in [-0.05, 0) is 29.8 Å². The molecule has 0 spiro atoms. The summed E-state index contributed by atoms with van der Waals surface area (Å²) in [5.41, 5.74) is 0. The van der Waals surface area contributed by atoms with Crippen LogP contribution in [-0.2, 0) is 19.1 Å². The van der Waals surface area contributed by atoms with Gasteiger partial charge in [-0.15, -0.1) is 0 Å². The van der Waals surface area contributed by atoms with E-state index < -0.39 is 6.29 Å². The van der Waals surface area contributed by atoms with Crippen LogP contribution in [0.4, 0.5) is 0 Å². The topological polar surface area (TPSA) is 52.6 Å². The molecule has 2 atom stereocenters. The van der Waals surface area contributed by atoms with E-state index in [0.717, 1.165) is 6.42 Å². The molecule has 6 heteroatoms. The van der Waals surface area contributed by atoms with Crippen LogP contribution in [0.2, 0.25) is 0 Å². The number of carbonyl (C=O) groups is 2. The van der Waals surface area contributed by atoms with Crippen LogP contribution in [0.5, 0.6) is 0 Å². The highest BCUT2D eigenvalue weighted by Gasteiger charge is 2.18. The second-order valence-corrected chi connectivity index (χ2v) is 6.74. The molecule has 0 aromatic rings. The summed E-state index contributed by atoms with van der Waals surface area (Å²) >= 11 is 8.41. The first-order valence-corrected chi connectivity index (χ1v) is 8.13.